The van der Waals surface area contributed by atoms with Crippen LogP contribution >= 0.6 is 0 Å². The first-order valence-electron chi connectivity index (χ1n) is 26.4. The van der Waals surface area contributed by atoms with E-state index in [2.05, 4.69) is 276 Å². The van der Waals surface area contributed by atoms with Gasteiger partial charge in [0.1, 0.15) is 0 Å². The van der Waals surface area contributed by atoms with Gasteiger partial charge in [-0.25, -0.2) is 0 Å². The maximum Gasteiger partial charge on any atom is 0.0991 e. The van der Waals surface area contributed by atoms with E-state index in [1.807, 2.05) is 12.1 Å². The molecular formula is C71H71N3. The quantitative estimate of drug-likeness (QED) is 0.149. The Morgan fingerprint density at radius 2 is 1.07 bits per heavy atom. The molecular weight excluding hydrogens is 895 g/mol. The maximum absolute atomic E-state index is 10.1. The third-order valence-electron chi connectivity index (χ3n) is 15.6. The zero-order valence-electron chi connectivity index (χ0n) is 46.1. The average Bonchev–Trinajstić information content (AvgIpc) is 3.66. The predicted octanol–water partition coefficient (Wildman–Crippen LogP) is 20.4. The second-order valence-electron chi connectivity index (χ2n) is 24.8. The van der Waals surface area contributed by atoms with E-state index in [1.165, 1.54) is 93.6 Å². The van der Waals surface area contributed by atoms with Crippen molar-refractivity contribution in [1.29, 1.82) is 5.26 Å². The van der Waals surface area contributed by atoms with Crippen LogP contribution in [0.1, 0.15) is 124 Å². The summed E-state index contributed by atoms with van der Waals surface area (Å²) in [6.45, 7) is 32.2. The Bertz CT molecular complexity index is 3870. The molecule has 10 rings (SSSR count). The van der Waals surface area contributed by atoms with Gasteiger partial charge in [0.25, 0.3) is 0 Å². The number of allylic oxidation sites excluding steroid dienone is 1. The molecule has 1 aromatic heterocycles. The van der Waals surface area contributed by atoms with E-state index in [4.69, 9.17) is 0 Å². The van der Waals surface area contributed by atoms with Crippen molar-refractivity contribution in [3.63, 3.8) is 0 Å². The summed E-state index contributed by atoms with van der Waals surface area (Å²) >= 11 is 0. The van der Waals surface area contributed by atoms with Crippen molar-refractivity contribution in [2.45, 2.75) is 113 Å². The minimum atomic E-state index is -0.118. The first-order chi connectivity index (χ1) is 35.0. The van der Waals surface area contributed by atoms with E-state index >= 15 is 0 Å². The van der Waals surface area contributed by atoms with Crippen molar-refractivity contribution < 1.29 is 0 Å². The number of anilines is 3. The molecule has 0 bridgehead atoms. The van der Waals surface area contributed by atoms with Gasteiger partial charge in [0, 0.05) is 44.5 Å². The van der Waals surface area contributed by atoms with Crippen LogP contribution in [0, 0.1) is 23.7 Å². The lowest BCUT2D eigenvalue weighted by molar-refractivity contribution is 0.508. The molecule has 0 aliphatic heterocycles. The molecule has 0 saturated carbocycles. The normalized spacial score (nSPS) is 12.8. The number of aromatic nitrogens is 1. The molecule has 3 nitrogen and oxygen atoms in total. The summed E-state index contributed by atoms with van der Waals surface area (Å²) in [5.74, 6) is 0. The smallest absolute Gasteiger partial charge is 0.0991 e. The van der Waals surface area contributed by atoms with Crippen molar-refractivity contribution in [1.82, 2.24) is 4.57 Å². The van der Waals surface area contributed by atoms with Crippen LogP contribution in [0.2, 0.25) is 0 Å². The number of nitriles is 1. The van der Waals surface area contributed by atoms with Crippen LogP contribution in [0.25, 0.3) is 77.2 Å². The molecule has 370 valence electrons. The molecule has 0 aliphatic rings. The van der Waals surface area contributed by atoms with Crippen LogP contribution in [0.15, 0.2) is 175 Å². The van der Waals surface area contributed by atoms with E-state index in [9.17, 15) is 5.26 Å². The Hall–Kier alpha value is -7.67. The van der Waals surface area contributed by atoms with E-state index in [0.29, 0.717) is 5.56 Å². The van der Waals surface area contributed by atoms with Crippen LogP contribution in [-0.2, 0) is 16.2 Å². The van der Waals surface area contributed by atoms with Crippen LogP contribution in [0.4, 0.5) is 17.1 Å². The second-order valence-corrected chi connectivity index (χ2v) is 24.8. The van der Waals surface area contributed by atoms with Gasteiger partial charge in [-0.05, 0) is 163 Å². The Balaban J connectivity index is 1.28. The van der Waals surface area contributed by atoms with Gasteiger partial charge in [-0.2, -0.15) is 5.26 Å². The van der Waals surface area contributed by atoms with Gasteiger partial charge in [0.05, 0.1) is 22.8 Å². The standard InChI is InChI=1S/C71H71N3/c1-45(68(3,4)5)39-61-46(2)73(65-38-33-53(40-62(61)65)71(12,13)14)55-21-18-22-56(43-55)74(54-34-25-47(44-72)26-35-54)67-60-37-32-51(69(6,7)8)41-63(60)66(59-36-31-52(42-64(59)67)70(9,10)11)50-29-27-49(28-30-50)58-24-17-20-48-19-15-16-23-57(48)58/h15-43H,1-14H3/b45-39+. The van der Waals surface area contributed by atoms with Crippen LogP contribution in [0.5, 0.6) is 0 Å². The molecule has 74 heavy (non-hydrogen) atoms. The lowest BCUT2D eigenvalue weighted by Crippen LogP contribution is -2.15. The maximum atomic E-state index is 10.1. The molecule has 0 fully saturated rings. The summed E-state index contributed by atoms with van der Waals surface area (Å²) in [4.78, 5) is 2.45. The number of benzene rings is 9. The Morgan fingerprint density at radius 1 is 0.500 bits per heavy atom. The SMILES string of the molecule is C/C(=C\c1c(C)n(-c2cccc(N(c3ccc(C#N)cc3)c3c4ccc(C(C)(C)C)cc4c(-c4ccc(-c5cccc6ccccc56)cc4)c4ccc(C(C)(C)C)cc34)c2)c2ccc(C(C)(C)C)cc12)C(C)(C)C. The van der Waals surface area contributed by atoms with Crippen molar-refractivity contribution in [3.05, 3.63) is 209 Å². The molecule has 10 aromatic rings. The summed E-state index contributed by atoms with van der Waals surface area (Å²) in [7, 11) is 0. The van der Waals surface area contributed by atoms with Crippen molar-refractivity contribution in [2.75, 3.05) is 4.90 Å². The minimum absolute atomic E-state index is 0.00565. The number of nitrogens with zero attached hydrogens (tertiary/aromatic N) is 3. The first-order valence-corrected chi connectivity index (χ1v) is 26.4. The van der Waals surface area contributed by atoms with Crippen LogP contribution in [0.3, 0.4) is 0 Å². The molecule has 0 spiro atoms. The monoisotopic (exact) mass is 966 g/mol. The summed E-state index contributed by atoms with van der Waals surface area (Å²) < 4.78 is 2.46. The summed E-state index contributed by atoms with van der Waals surface area (Å²) in [6, 6.07) is 65.5. The van der Waals surface area contributed by atoms with Gasteiger partial charge in [-0.15, -0.1) is 0 Å². The van der Waals surface area contributed by atoms with Crippen LogP contribution < -0.4 is 4.90 Å². The average molecular weight is 966 g/mol. The van der Waals surface area contributed by atoms with E-state index in [-0.39, 0.29) is 21.7 Å². The largest absolute Gasteiger partial charge is 0.313 e. The molecule has 0 aliphatic carbocycles. The number of rotatable bonds is 7. The summed E-state index contributed by atoms with van der Waals surface area (Å²) in [6.07, 6.45) is 2.42. The highest BCUT2D eigenvalue weighted by Gasteiger charge is 2.28. The molecule has 3 heteroatoms. The Kier molecular flexibility index (Phi) is 12.4. The number of hydrogen-bond acceptors (Lipinski definition) is 2. The Morgan fingerprint density at radius 3 is 1.70 bits per heavy atom. The third kappa shape index (κ3) is 9.11. The lowest BCUT2D eigenvalue weighted by atomic mass is 9.81. The summed E-state index contributed by atoms with van der Waals surface area (Å²) in [5.41, 5.74) is 18.3. The van der Waals surface area contributed by atoms with Crippen molar-refractivity contribution >= 4 is 66.4 Å². The fraction of sp³-hybridized carbons (Fsp3) is 0.254. The molecule has 9 aromatic carbocycles. The van der Waals surface area contributed by atoms with Gasteiger partial charge in [-0.1, -0.05) is 198 Å². The molecule has 0 radical (unpaired) electrons. The molecule has 1 heterocycles. The zero-order chi connectivity index (χ0) is 52.6. The van der Waals surface area contributed by atoms with Gasteiger partial charge < -0.3 is 9.47 Å². The number of hydrogen-bond donors (Lipinski definition) is 0. The van der Waals surface area contributed by atoms with Gasteiger partial charge in [0.2, 0.25) is 0 Å². The highest BCUT2D eigenvalue weighted by atomic mass is 15.1. The van der Waals surface area contributed by atoms with E-state index < -0.39 is 0 Å². The van der Waals surface area contributed by atoms with Gasteiger partial charge in [-0.3, -0.25) is 0 Å². The predicted molar refractivity (Wildman–Crippen MR) is 320 cm³/mol. The minimum Gasteiger partial charge on any atom is -0.313 e. The van der Waals surface area contributed by atoms with Gasteiger partial charge >= 0.3 is 0 Å². The Labute approximate surface area is 440 Å². The fourth-order valence-electron chi connectivity index (χ4n) is 10.7. The molecule has 0 N–H and O–H groups in total. The highest BCUT2D eigenvalue weighted by molar-refractivity contribution is 6.23. The van der Waals surface area contributed by atoms with E-state index in [1.54, 1.807) is 0 Å². The second kappa shape index (κ2) is 18.4. The molecule has 0 saturated heterocycles. The first kappa shape index (κ1) is 49.9. The zero-order valence-corrected chi connectivity index (χ0v) is 46.1. The fourth-order valence-corrected chi connectivity index (χ4v) is 10.7. The number of fused-ring (bicyclic) bond motifs is 4. The lowest BCUT2D eigenvalue weighted by Gasteiger charge is -2.31. The molecule has 0 unspecified atom stereocenters. The van der Waals surface area contributed by atoms with Crippen LogP contribution in [-0.4, -0.2) is 4.57 Å². The molecule has 0 amide bonds. The highest BCUT2D eigenvalue weighted by Crippen LogP contribution is 2.51. The van der Waals surface area contributed by atoms with Crippen molar-refractivity contribution in [3.8, 4) is 34.0 Å². The topological polar surface area (TPSA) is 32.0 Å². The van der Waals surface area contributed by atoms with Crippen molar-refractivity contribution in [2.24, 2.45) is 5.41 Å². The molecule has 0 atom stereocenters. The van der Waals surface area contributed by atoms with Gasteiger partial charge in [0.15, 0.2) is 0 Å². The van der Waals surface area contributed by atoms with E-state index in [0.717, 1.165) is 28.1 Å². The third-order valence-corrected chi connectivity index (χ3v) is 15.6. The summed E-state index contributed by atoms with van der Waals surface area (Å²) in [5, 5.41) is 18.6.